The Balaban J connectivity index is 1.17. The van der Waals surface area contributed by atoms with Crippen LogP contribution in [0.2, 0.25) is 0 Å². The molecule has 6 fully saturated rings. The first-order chi connectivity index (χ1) is 29.7. The van der Waals surface area contributed by atoms with Crippen molar-refractivity contribution >= 4 is 0 Å². The molecule has 26 nitrogen and oxygen atoms in total. The van der Waals surface area contributed by atoms with Crippen molar-refractivity contribution in [2.24, 2.45) is 0 Å². The molecule has 22 heterocycles. The molecule has 6 saturated heterocycles. The number of hydrogen-bond acceptors (Lipinski definition) is 26. The normalized spacial score (nSPS) is 52.8. The molecule has 0 spiro atoms. The summed E-state index contributed by atoms with van der Waals surface area (Å²) < 4.78 is 69.3. The van der Waals surface area contributed by atoms with Crippen LogP contribution in [0.15, 0.2) is 24.3 Å². The van der Waals surface area contributed by atoms with Crippen molar-refractivity contribution < 1.29 is 128 Å². The summed E-state index contributed by atoms with van der Waals surface area (Å²) in [5.41, 5.74) is 0. The van der Waals surface area contributed by atoms with E-state index in [1.807, 2.05) is 0 Å². The first-order valence-electron chi connectivity index (χ1n) is 20.1. The number of ether oxygens (including phenoxy) is 12. The lowest BCUT2D eigenvalue weighted by Crippen LogP contribution is -2.66. The van der Waals surface area contributed by atoms with Crippen LogP contribution in [0, 0.1) is 0 Å². The highest BCUT2D eigenvalue weighted by Gasteiger charge is 2.55. The lowest BCUT2D eigenvalue weighted by atomic mass is 9.96. The van der Waals surface area contributed by atoms with Gasteiger partial charge in [-0.2, -0.15) is 0 Å². The highest BCUT2D eigenvalue weighted by molar-refractivity contribution is 5.05. The summed E-state index contributed by atoms with van der Waals surface area (Å²) in [5.74, 6) is 0. The van der Waals surface area contributed by atoms with Gasteiger partial charge in [-0.25, -0.2) is 0 Å². The molecule has 12 bridgehead atoms. The third-order valence-corrected chi connectivity index (χ3v) is 11.7. The predicted octanol–water partition coefficient (Wildman–Crippen LogP) is -9.39. The average molecular weight is 905 g/mol. The van der Waals surface area contributed by atoms with Crippen molar-refractivity contribution in [1.82, 2.24) is 0 Å². The molecule has 0 amide bonds. The molecule has 22 aliphatic heterocycles. The van der Waals surface area contributed by atoms with E-state index in [0.29, 0.717) is 0 Å². The van der Waals surface area contributed by atoms with Crippen LogP contribution in [0.1, 0.15) is 0 Å². The summed E-state index contributed by atoms with van der Waals surface area (Å²) in [6.45, 7) is -4.83. The van der Waals surface area contributed by atoms with Crippen LogP contribution in [0.25, 0.3) is 0 Å². The van der Waals surface area contributed by atoms with E-state index in [1.54, 1.807) is 0 Å². The summed E-state index contributed by atoms with van der Waals surface area (Å²) >= 11 is 0. The van der Waals surface area contributed by atoms with Crippen LogP contribution in [0.3, 0.4) is 0 Å². The van der Waals surface area contributed by atoms with Gasteiger partial charge in [0.1, 0.15) is 122 Å². The molecule has 26 heteroatoms. The van der Waals surface area contributed by atoms with Crippen molar-refractivity contribution in [1.29, 1.82) is 0 Å². The van der Waals surface area contributed by atoms with Crippen LogP contribution in [-0.4, -0.2) is 271 Å². The second-order valence-electron chi connectivity index (χ2n) is 15.7. The second-order valence-corrected chi connectivity index (χ2v) is 15.7. The van der Waals surface area contributed by atoms with E-state index in [2.05, 4.69) is 0 Å². The molecule has 22 aliphatic rings. The molecule has 22 rings (SSSR count). The van der Waals surface area contributed by atoms with E-state index in [0.717, 1.165) is 0 Å². The van der Waals surface area contributed by atoms with Crippen molar-refractivity contribution in [2.45, 2.75) is 160 Å². The molecule has 14 N–H and O–H groups in total. The minimum atomic E-state index is -1.95. The fraction of sp³-hybridized carbons (Fsp3) is 0.889. The fourth-order valence-corrected chi connectivity index (χ4v) is 8.21. The SMILES string of the molecule is OC[C@H]1O[C@@H]2O[C@H]3[C@H](O)[C@@H](O)[C@@H](O[C@H]4C=C[C@@H](O[C@H]5[C@H](O)[C@@H](O)[C@@H](O[C@H]6[C@H](O)[C@@H](O)[C@@H](O[C@H]7C=C[C@@H](O[C@H]1[C@H](O)[C@H]2O)O[C@@H]7CO)O[C@@H]6CO)O[C@@H]5CO)O[C@@H]4CO)O[C@@H]3CO. The zero-order valence-corrected chi connectivity index (χ0v) is 32.7. The van der Waals surface area contributed by atoms with Crippen LogP contribution in [0.4, 0.5) is 0 Å². The number of aliphatic hydroxyl groups is 14. The van der Waals surface area contributed by atoms with Gasteiger partial charge in [-0.3, -0.25) is 0 Å². The highest BCUT2D eigenvalue weighted by Crippen LogP contribution is 2.36. The summed E-state index contributed by atoms with van der Waals surface area (Å²) in [5, 5.41) is 150. The van der Waals surface area contributed by atoms with Gasteiger partial charge in [0.15, 0.2) is 37.7 Å². The molecule has 26 atom stereocenters. The summed E-state index contributed by atoms with van der Waals surface area (Å²) in [6, 6.07) is 0. The zero-order valence-electron chi connectivity index (χ0n) is 32.7. The number of aliphatic hydroxyl groups excluding tert-OH is 14. The van der Waals surface area contributed by atoms with Crippen LogP contribution in [-0.2, 0) is 56.8 Å². The van der Waals surface area contributed by atoms with Crippen LogP contribution < -0.4 is 0 Å². The molecule has 0 aliphatic carbocycles. The molecular weight excluding hydrogens is 848 g/mol. The Hall–Kier alpha value is -1.56. The van der Waals surface area contributed by atoms with E-state index >= 15 is 0 Å². The van der Waals surface area contributed by atoms with Gasteiger partial charge >= 0.3 is 0 Å². The summed E-state index contributed by atoms with van der Waals surface area (Å²) in [6.07, 6.45) is -37.2. The van der Waals surface area contributed by atoms with Gasteiger partial charge < -0.3 is 128 Å². The maximum atomic E-state index is 11.2. The van der Waals surface area contributed by atoms with Crippen LogP contribution in [0.5, 0.6) is 0 Å². The third kappa shape index (κ3) is 9.78. The Morgan fingerprint density at radius 2 is 0.516 bits per heavy atom. The quantitative estimate of drug-likeness (QED) is 0.110. The predicted molar refractivity (Wildman–Crippen MR) is 190 cm³/mol. The Bertz CT molecular complexity index is 1370. The molecular formula is C36H56O26. The van der Waals surface area contributed by atoms with E-state index in [-0.39, 0.29) is 0 Å². The molecule has 0 aromatic rings. The largest absolute Gasteiger partial charge is 0.394 e. The Labute approximate surface area is 352 Å². The van der Waals surface area contributed by atoms with Gasteiger partial charge in [-0.05, 0) is 12.2 Å². The maximum absolute atomic E-state index is 11.2. The topological polar surface area (TPSA) is 394 Å². The monoisotopic (exact) mass is 904 g/mol. The molecule has 0 aromatic heterocycles. The highest BCUT2D eigenvalue weighted by atomic mass is 16.8. The fourth-order valence-electron chi connectivity index (χ4n) is 8.21. The zero-order chi connectivity index (χ0) is 44.6. The van der Waals surface area contributed by atoms with Gasteiger partial charge in [0, 0.05) is 0 Å². The third-order valence-electron chi connectivity index (χ3n) is 11.7. The molecule has 0 saturated carbocycles. The van der Waals surface area contributed by atoms with E-state index in [4.69, 9.17) is 56.8 Å². The summed E-state index contributed by atoms with van der Waals surface area (Å²) in [4.78, 5) is 0. The maximum Gasteiger partial charge on any atom is 0.187 e. The molecule has 0 radical (unpaired) electrons. The van der Waals surface area contributed by atoms with Gasteiger partial charge in [0.05, 0.1) is 39.6 Å². The molecule has 356 valence electrons. The van der Waals surface area contributed by atoms with Crippen molar-refractivity contribution in [3.63, 3.8) is 0 Å². The average Bonchev–Trinajstić information content (AvgIpc) is 3.28. The molecule has 62 heavy (non-hydrogen) atoms. The minimum absolute atomic E-state index is 0.738. The van der Waals surface area contributed by atoms with Crippen molar-refractivity contribution in [2.75, 3.05) is 39.6 Å². The van der Waals surface area contributed by atoms with Gasteiger partial charge in [-0.15, -0.1) is 0 Å². The number of hydrogen-bond donors (Lipinski definition) is 14. The lowest BCUT2D eigenvalue weighted by molar-refractivity contribution is -0.378. The molecule has 0 aromatic carbocycles. The van der Waals surface area contributed by atoms with Crippen LogP contribution >= 0.6 is 0 Å². The summed E-state index contributed by atoms with van der Waals surface area (Å²) in [7, 11) is 0. The Morgan fingerprint density at radius 3 is 0.790 bits per heavy atom. The van der Waals surface area contributed by atoms with Gasteiger partial charge in [-0.1, -0.05) is 12.2 Å². The van der Waals surface area contributed by atoms with Crippen molar-refractivity contribution in [3.8, 4) is 0 Å². The smallest absolute Gasteiger partial charge is 0.187 e. The van der Waals surface area contributed by atoms with E-state index in [1.165, 1.54) is 24.3 Å². The Morgan fingerprint density at radius 1 is 0.258 bits per heavy atom. The number of rotatable bonds is 6. The lowest BCUT2D eigenvalue weighted by Gasteiger charge is -2.48. The first kappa shape index (κ1) is 48.4. The second kappa shape index (κ2) is 20.9. The van der Waals surface area contributed by atoms with Gasteiger partial charge in [0.25, 0.3) is 0 Å². The minimum Gasteiger partial charge on any atom is -0.394 e. The standard InChI is InChI=1S/C36H56O26/c37-5-13-11-1-3-19(51-13)59-29-15(7-39)57-35(27(49)21(29)43)62-32-18(10-42)56-34(26(48)24(32)46)54-12-2-4-20(52-14(12)6-38)60-30-16(8-40)58-36(28(50)22(30)44)61-31-17(9-41)55-33(53-11)25(47)23(31)45/h1-4,11-50H,5-10H2/t11-,12-,13+,14+,15+,16+,17+,18+,19+,20+,21+,22+,23+,24+,25+,26+,27+,28+,29+,30+,31+,32+,33-,34-,35+,36+/m0/s1. The first-order valence-corrected chi connectivity index (χ1v) is 20.1. The van der Waals surface area contributed by atoms with E-state index < -0.39 is 199 Å². The van der Waals surface area contributed by atoms with Crippen molar-refractivity contribution in [3.05, 3.63) is 24.3 Å². The molecule has 0 unspecified atom stereocenters. The van der Waals surface area contributed by atoms with E-state index in [9.17, 15) is 71.5 Å². The Kier molecular flexibility index (Phi) is 16.3. The van der Waals surface area contributed by atoms with Gasteiger partial charge in [0.2, 0.25) is 0 Å².